The van der Waals surface area contributed by atoms with Crippen LogP contribution in [0.3, 0.4) is 0 Å². The summed E-state index contributed by atoms with van der Waals surface area (Å²) in [5.74, 6) is 0.120. The highest BCUT2D eigenvalue weighted by Crippen LogP contribution is 2.10. The fourth-order valence-corrected chi connectivity index (χ4v) is 0.989. The minimum Gasteiger partial charge on any atom is -0.385 e. The summed E-state index contributed by atoms with van der Waals surface area (Å²) in [6.07, 6.45) is 1.12. The molecule has 0 atom stereocenters. The summed E-state index contributed by atoms with van der Waals surface area (Å²) in [5, 5.41) is 10.3. The molecule has 1 rings (SSSR count). The van der Waals surface area contributed by atoms with Crippen LogP contribution in [0.4, 0.5) is 5.82 Å². The number of thiocarbonyl (C=S) groups is 1. The van der Waals surface area contributed by atoms with Gasteiger partial charge in [0.25, 0.3) is 5.82 Å². The number of hydrogen-bond acceptors (Lipinski definition) is 4. The first kappa shape index (κ1) is 8.60. The average molecular weight is 186 g/mol. The summed E-state index contributed by atoms with van der Waals surface area (Å²) in [5.41, 5.74) is 5.25. The van der Waals surface area contributed by atoms with E-state index >= 15 is 0 Å². The van der Waals surface area contributed by atoms with Crippen molar-refractivity contribution in [3.05, 3.63) is 22.1 Å². The first-order valence-corrected chi connectivity index (χ1v) is 3.40. The summed E-state index contributed by atoms with van der Waals surface area (Å²) in [4.78, 5) is 13.5. The first-order chi connectivity index (χ1) is 5.54. The zero-order chi connectivity index (χ0) is 9.30. The van der Waals surface area contributed by atoms with Gasteiger partial charge in [-0.15, -0.1) is 0 Å². The molecule has 0 saturated heterocycles. The van der Waals surface area contributed by atoms with Crippen molar-refractivity contribution in [3.63, 3.8) is 0 Å². The van der Waals surface area contributed by atoms with Gasteiger partial charge in [-0.05, 0) is 4.92 Å². The number of rotatable bonds is 2. The summed E-state index contributed by atoms with van der Waals surface area (Å²) in [6, 6.07) is 0. The monoisotopic (exact) mass is 186 g/mol. The van der Waals surface area contributed by atoms with Gasteiger partial charge >= 0.3 is 5.82 Å². The Morgan fingerprint density at radius 2 is 2.50 bits per heavy atom. The Bertz CT molecular complexity index is 314. The zero-order valence-corrected chi connectivity index (χ0v) is 7.04. The molecule has 12 heavy (non-hydrogen) atoms. The van der Waals surface area contributed by atoms with Crippen LogP contribution < -0.4 is 5.73 Å². The van der Waals surface area contributed by atoms with E-state index in [1.807, 2.05) is 0 Å². The van der Waals surface area contributed by atoms with Gasteiger partial charge in [0.2, 0.25) is 0 Å². The van der Waals surface area contributed by atoms with E-state index in [1.54, 1.807) is 0 Å². The van der Waals surface area contributed by atoms with Crippen molar-refractivity contribution in [1.82, 2.24) is 9.55 Å². The summed E-state index contributed by atoms with van der Waals surface area (Å²) < 4.78 is 1.24. The molecule has 64 valence electrons. The van der Waals surface area contributed by atoms with E-state index < -0.39 is 4.92 Å². The first-order valence-electron chi connectivity index (χ1n) is 3.00. The van der Waals surface area contributed by atoms with E-state index in [-0.39, 0.29) is 16.6 Å². The van der Waals surface area contributed by atoms with Gasteiger partial charge in [-0.2, -0.15) is 0 Å². The lowest BCUT2D eigenvalue weighted by atomic mass is 10.6. The Hall–Kier alpha value is -1.50. The lowest BCUT2D eigenvalue weighted by molar-refractivity contribution is -0.391. The maximum atomic E-state index is 10.3. The summed E-state index contributed by atoms with van der Waals surface area (Å²) in [7, 11) is 1.49. The third kappa shape index (κ3) is 1.26. The molecule has 0 radical (unpaired) electrons. The molecule has 0 aliphatic rings. The Morgan fingerprint density at radius 3 is 2.75 bits per heavy atom. The Balaban J connectivity index is 3.22. The molecule has 0 spiro atoms. The molecule has 2 N–H and O–H groups in total. The molecule has 0 saturated carbocycles. The summed E-state index contributed by atoms with van der Waals surface area (Å²) in [6.45, 7) is 0. The number of nitrogens with two attached hydrogens (primary N) is 1. The van der Waals surface area contributed by atoms with Crippen molar-refractivity contribution in [3.8, 4) is 0 Å². The Morgan fingerprint density at radius 1 is 1.92 bits per heavy atom. The minimum absolute atomic E-state index is 0.0469. The van der Waals surface area contributed by atoms with Crippen LogP contribution in [0, 0.1) is 10.1 Å². The second kappa shape index (κ2) is 2.86. The highest BCUT2D eigenvalue weighted by Gasteiger charge is 2.17. The zero-order valence-electron chi connectivity index (χ0n) is 6.22. The van der Waals surface area contributed by atoms with Crippen LogP contribution in [0.5, 0.6) is 0 Å². The van der Waals surface area contributed by atoms with Gasteiger partial charge in [0.15, 0.2) is 4.99 Å². The van der Waals surface area contributed by atoms with Gasteiger partial charge in [0.1, 0.15) is 6.20 Å². The number of imidazole rings is 1. The van der Waals surface area contributed by atoms with Gasteiger partial charge < -0.3 is 15.8 Å². The van der Waals surface area contributed by atoms with Crippen LogP contribution in [0.1, 0.15) is 5.82 Å². The molecule has 0 aliphatic carbocycles. The topological polar surface area (TPSA) is 87.0 Å². The SMILES string of the molecule is Cn1c([N+](=O)[O-])cnc1C(N)=S. The van der Waals surface area contributed by atoms with E-state index in [9.17, 15) is 10.1 Å². The van der Waals surface area contributed by atoms with E-state index in [0.717, 1.165) is 6.20 Å². The molecular weight excluding hydrogens is 180 g/mol. The van der Waals surface area contributed by atoms with Gasteiger partial charge in [-0.3, -0.25) is 0 Å². The van der Waals surface area contributed by atoms with Gasteiger partial charge in [-0.25, -0.2) is 9.55 Å². The third-order valence-electron chi connectivity index (χ3n) is 1.37. The van der Waals surface area contributed by atoms with Crippen molar-refractivity contribution in [1.29, 1.82) is 0 Å². The van der Waals surface area contributed by atoms with Gasteiger partial charge in [0.05, 0.1) is 7.05 Å². The lowest BCUT2D eigenvalue weighted by Crippen LogP contribution is -2.15. The Kier molecular flexibility index (Phi) is 2.05. The molecule has 0 amide bonds. The second-order valence-electron chi connectivity index (χ2n) is 2.12. The third-order valence-corrected chi connectivity index (χ3v) is 1.55. The van der Waals surface area contributed by atoms with Crippen LogP contribution >= 0.6 is 12.2 Å². The molecule has 0 aromatic carbocycles. The molecule has 1 aromatic rings. The number of nitro groups is 1. The van der Waals surface area contributed by atoms with Crippen LogP contribution in [0.2, 0.25) is 0 Å². The number of aromatic nitrogens is 2. The largest absolute Gasteiger partial charge is 0.385 e. The molecular formula is C5H6N4O2S. The number of nitrogens with zero attached hydrogens (tertiary/aromatic N) is 3. The normalized spacial score (nSPS) is 9.75. The maximum Gasteiger partial charge on any atom is 0.342 e. The van der Waals surface area contributed by atoms with Crippen molar-refractivity contribution in [2.45, 2.75) is 0 Å². The average Bonchev–Trinajstić information content (AvgIpc) is 2.30. The van der Waals surface area contributed by atoms with Crippen molar-refractivity contribution < 1.29 is 4.92 Å². The molecule has 1 aromatic heterocycles. The second-order valence-corrected chi connectivity index (χ2v) is 2.56. The molecule has 0 unspecified atom stereocenters. The highest BCUT2D eigenvalue weighted by atomic mass is 32.1. The number of hydrogen-bond donors (Lipinski definition) is 1. The summed E-state index contributed by atoms with van der Waals surface area (Å²) >= 11 is 4.62. The van der Waals surface area contributed by atoms with Crippen molar-refractivity contribution >= 4 is 23.0 Å². The van der Waals surface area contributed by atoms with Crippen LogP contribution in [-0.4, -0.2) is 19.5 Å². The van der Waals surface area contributed by atoms with E-state index in [1.165, 1.54) is 11.6 Å². The quantitative estimate of drug-likeness (QED) is 0.398. The fraction of sp³-hybridized carbons (Fsp3) is 0.200. The minimum atomic E-state index is -0.547. The standard InChI is InChI=1S/C5H6N4O2S/c1-8-3(9(10)11)2-7-5(8)4(6)12/h2H,1H3,(H2,6,12). The van der Waals surface area contributed by atoms with Crippen molar-refractivity contribution in [2.75, 3.05) is 0 Å². The van der Waals surface area contributed by atoms with E-state index in [0.29, 0.717) is 0 Å². The highest BCUT2D eigenvalue weighted by molar-refractivity contribution is 7.80. The lowest BCUT2D eigenvalue weighted by Gasteiger charge is -1.94. The predicted octanol–water partition coefficient (Wildman–Crippen LogP) is -0.0375. The molecule has 0 fully saturated rings. The molecule has 0 bridgehead atoms. The Labute approximate surface area is 73.2 Å². The maximum absolute atomic E-state index is 10.3. The molecule has 1 heterocycles. The van der Waals surface area contributed by atoms with E-state index in [2.05, 4.69) is 17.2 Å². The van der Waals surface area contributed by atoms with Gasteiger partial charge in [0, 0.05) is 0 Å². The molecule has 6 nitrogen and oxygen atoms in total. The van der Waals surface area contributed by atoms with Gasteiger partial charge in [-0.1, -0.05) is 12.2 Å². The fourth-order valence-electron chi connectivity index (χ4n) is 0.799. The van der Waals surface area contributed by atoms with E-state index in [4.69, 9.17) is 5.73 Å². The smallest absolute Gasteiger partial charge is 0.342 e. The predicted molar refractivity (Wildman–Crippen MR) is 45.7 cm³/mol. The van der Waals surface area contributed by atoms with Crippen LogP contribution in [0.15, 0.2) is 6.20 Å². The van der Waals surface area contributed by atoms with Crippen LogP contribution in [-0.2, 0) is 7.05 Å². The van der Waals surface area contributed by atoms with Crippen molar-refractivity contribution in [2.24, 2.45) is 12.8 Å². The molecule has 0 aliphatic heterocycles. The molecule has 7 heteroatoms. The van der Waals surface area contributed by atoms with Crippen LogP contribution in [0.25, 0.3) is 0 Å².